The predicted octanol–water partition coefficient (Wildman–Crippen LogP) is 5.63. The molecule has 0 bridgehead atoms. The Hall–Kier alpha value is -3.51. The van der Waals surface area contributed by atoms with Crippen molar-refractivity contribution in [1.29, 1.82) is 0 Å². The van der Waals surface area contributed by atoms with Gasteiger partial charge in [0.05, 0.1) is 22.2 Å². The van der Waals surface area contributed by atoms with E-state index in [1.807, 2.05) is 68.4 Å². The molecule has 0 radical (unpaired) electrons. The van der Waals surface area contributed by atoms with Gasteiger partial charge in [-0.25, -0.2) is 4.98 Å². The Morgan fingerprint density at radius 2 is 1.65 bits per heavy atom. The zero-order valence-corrected chi connectivity index (χ0v) is 20.2. The standard InChI is InChI=1S/C28H28N2O3S/c1-20-10-16-25(17-11-20)34(32)19-26-21(2)33-28(30-26)24-14-12-23(13-15-24)27(31)29-18-6-9-22-7-4-3-5-8-22/h3-5,7-8,10-17H,6,9,18-19H2,1-2H3,(H,29,31). The Morgan fingerprint density at radius 3 is 2.35 bits per heavy atom. The lowest BCUT2D eigenvalue weighted by Crippen LogP contribution is -2.24. The number of rotatable bonds is 9. The number of hydrogen-bond acceptors (Lipinski definition) is 4. The summed E-state index contributed by atoms with van der Waals surface area (Å²) in [6.07, 6.45) is 1.82. The number of carbonyl (C=O) groups excluding carboxylic acids is 1. The molecule has 3 aromatic carbocycles. The van der Waals surface area contributed by atoms with Crippen molar-refractivity contribution in [3.05, 3.63) is 107 Å². The molecule has 0 spiro atoms. The van der Waals surface area contributed by atoms with Crippen LogP contribution in [0.5, 0.6) is 0 Å². The Balaban J connectivity index is 1.33. The van der Waals surface area contributed by atoms with E-state index in [-0.39, 0.29) is 5.91 Å². The third kappa shape index (κ3) is 6.08. The van der Waals surface area contributed by atoms with Crippen LogP contribution in [0.4, 0.5) is 0 Å². The maximum absolute atomic E-state index is 12.7. The van der Waals surface area contributed by atoms with Gasteiger partial charge in [0.2, 0.25) is 5.89 Å². The molecule has 1 aromatic heterocycles. The average molecular weight is 473 g/mol. The molecule has 1 atom stereocenters. The summed E-state index contributed by atoms with van der Waals surface area (Å²) in [5.74, 6) is 1.30. The van der Waals surface area contributed by atoms with Gasteiger partial charge in [-0.3, -0.25) is 9.00 Å². The number of nitrogens with one attached hydrogen (secondary N) is 1. The fourth-order valence-electron chi connectivity index (χ4n) is 3.59. The second kappa shape index (κ2) is 11.1. The van der Waals surface area contributed by atoms with Gasteiger partial charge in [-0.05, 0) is 68.7 Å². The zero-order chi connectivity index (χ0) is 23.9. The fourth-order valence-corrected chi connectivity index (χ4v) is 4.71. The molecule has 4 rings (SSSR count). The molecule has 0 aliphatic heterocycles. The molecule has 1 unspecified atom stereocenters. The van der Waals surface area contributed by atoms with Gasteiger partial charge < -0.3 is 9.73 Å². The van der Waals surface area contributed by atoms with E-state index in [2.05, 4.69) is 22.4 Å². The lowest BCUT2D eigenvalue weighted by molar-refractivity contribution is 0.0953. The van der Waals surface area contributed by atoms with E-state index in [9.17, 15) is 9.00 Å². The van der Waals surface area contributed by atoms with E-state index < -0.39 is 10.8 Å². The number of aromatic nitrogens is 1. The molecular formula is C28H28N2O3S. The lowest BCUT2D eigenvalue weighted by atomic mass is 10.1. The summed E-state index contributed by atoms with van der Waals surface area (Å²) >= 11 is 0. The highest BCUT2D eigenvalue weighted by Gasteiger charge is 2.16. The van der Waals surface area contributed by atoms with Crippen LogP contribution in [0.2, 0.25) is 0 Å². The molecule has 0 saturated carbocycles. The molecule has 1 amide bonds. The minimum absolute atomic E-state index is 0.0996. The lowest BCUT2D eigenvalue weighted by Gasteiger charge is -2.06. The predicted molar refractivity (Wildman–Crippen MR) is 135 cm³/mol. The number of aryl methyl sites for hydroxylation is 3. The molecule has 174 valence electrons. The molecular weight excluding hydrogens is 444 g/mol. The average Bonchev–Trinajstić information content (AvgIpc) is 3.22. The maximum Gasteiger partial charge on any atom is 0.251 e. The van der Waals surface area contributed by atoms with Crippen molar-refractivity contribution in [2.24, 2.45) is 0 Å². The molecule has 0 fully saturated rings. The number of nitrogens with zero attached hydrogens (tertiary/aromatic N) is 1. The molecule has 1 N–H and O–H groups in total. The first-order valence-corrected chi connectivity index (χ1v) is 12.7. The van der Waals surface area contributed by atoms with Gasteiger partial charge in [-0.1, -0.05) is 48.0 Å². The van der Waals surface area contributed by atoms with Crippen LogP contribution >= 0.6 is 0 Å². The van der Waals surface area contributed by atoms with Gasteiger partial charge in [0.15, 0.2) is 0 Å². The Bertz CT molecular complexity index is 1260. The second-order valence-corrected chi connectivity index (χ2v) is 9.70. The second-order valence-electron chi connectivity index (χ2n) is 8.25. The zero-order valence-electron chi connectivity index (χ0n) is 19.4. The normalized spacial score (nSPS) is 11.8. The van der Waals surface area contributed by atoms with Gasteiger partial charge in [0.25, 0.3) is 5.91 Å². The van der Waals surface area contributed by atoms with Crippen LogP contribution in [-0.4, -0.2) is 21.6 Å². The van der Waals surface area contributed by atoms with Crippen LogP contribution in [0.1, 0.15) is 39.4 Å². The highest BCUT2D eigenvalue weighted by Crippen LogP contribution is 2.24. The van der Waals surface area contributed by atoms with Crippen LogP contribution < -0.4 is 5.32 Å². The summed E-state index contributed by atoms with van der Waals surface area (Å²) in [5, 5.41) is 2.97. The number of oxazole rings is 1. The Labute approximate surface area is 202 Å². The fraction of sp³-hybridized carbons (Fsp3) is 0.214. The van der Waals surface area contributed by atoms with Crippen LogP contribution in [0.3, 0.4) is 0 Å². The molecule has 5 nitrogen and oxygen atoms in total. The first-order chi connectivity index (χ1) is 16.5. The largest absolute Gasteiger partial charge is 0.441 e. The summed E-state index contributed by atoms with van der Waals surface area (Å²) in [6, 6.07) is 25.1. The van der Waals surface area contributed by atoms with Crippen molar-refractivity contribution in [3.63, 3.8) is 0 Å². The van der Waals surface area contributed by atoms with Crippen LogP contribution in [0.25, 0.3) is 11.5 Å². The number of amides is 1. The van der Waals surface area contributed by atoms with Gasteiger partial charge in [0, 0.05) is 22.6 Å². The van der Waals surface area contributed by atoms with E-state index in [1.54, 1.807) is 12.1 Å². The van der Waals surface area contributed by atoms with Crippen LogP contribution in [0.15, 0.2) is 88.2 Å². The topological polar surface area (TPSA) is 72.2 Å². The molecule has 0 saturated heterocycles. The summed E-state index contributed by atoms with van der Waals surface area (Å²) in [6.45, 7) is 4.45. The molecule has 6 heteroatoms. The van der Waals surface area contributed by atoms with Gasteiger partial charge in [-0.2, -0.15) is 0 Å². The van der Waals surface area contributed by atoms with E-state index in [0.29, 0.717) is 35.2 Å². The number of hydrogen-bond donors (Lipinski definition) is 1. The molecule has 0 aliphatic carbocycles. The van der Waals surface area contributed by atoms with E-state index in [1.165, 1.54) is 5.56 Å². The van der Waals surface area contributed by atoms with Gasteiger partial charge >= 0.3 is 0 Å². The van der Waals surface area contributed by atoms with Crippen molar-refractivity contribution in [3.8, 4) is 11.5 Å². The van der Waals surface area contributed by atoms with Crippen molar-refractivity contribution < 1.29 is 13.4 Å². The van der Waals surface area contributed by atoms with E-state index in [4.69, 9.17) is 4.42 Å². The van der Waals surface area contributed by atoms with E-state index in [0.717, 1.165) is 28.9 Å². The summed E-state index contributed by atoms with van der Waals surface area (Å²) in [5.41, 5.74) is 4.44. The van der Waals surface area contributed by atoms with Gasteiger partial charge in [0.1, 0.15) is 5.76 Å². The van der Waals surface area contributed by atoms with Crippen molar-refractivity contribution in [2.75, 3.05) is 6.54 Å². The summed E-state index contributed by atoms with van der Waals surface area (Å²) < 4.78 is 18.5. The highest BCUT2D eigenvalue weighted by molar-refractivity contribution is 7.84. The molecule has 4 aromatic rings. The first-order valence-electron chi connectivity index (χ1n) is 11.3. The highest BCUT2D eigenvalue weighted by atomic mass is 32.2. The van der Waals surface area contributed by atoms with Crippen molar-refractivity contribution in [2.45, 2.75) is 37.3 Å². The number of benzene rings is 3. The minimum atomic E-state index is -1.20. The van der Waals surface area contributed by atoms with Crippen LogP contribution in [-0.2, 0) is 23.0 Å². The summed E-state index contributed by atoms with van der Waals surface area (Å²) in [4.78, 5) is 17.8. The number of carbonyl (C=O) groups is 1. The maximum atomic E-state index is 12.7. The third-order valence-electron chi connectivity index (χ3n) is 5.61. The van der Waals surface area contributed by atoms with Crippen LogP contribution in [0, 0.1) is 13.8 Å². The molecule has 34 heavy (non-hydrogen) atoms. The van der Waals surface area contributed by atoms with Gasteiger partial charge in [-0.15, -0.1) is 0 Å². The van der Waals surface area contributed by atoms with Crippen molar-refractivity contribution in [1.82, 2.24) is 10.3 Å². The Morgan fingerprint density at radius 1 is 0.941 bits per heavy atom. The SMILES string of the molecule is Cc1ccc(S(=O)Cc2nc(-c3ccc(C(=O)NCCCc4ccccc4)cc3)oc2C)cc1. The Kier molecular flexibility index (Phi) is 7.70. The summed E-state index contributed by atoms with van der Waals surface area (Å²) in [7, 11) is -1.20. The van der Waals surface area contributed by atoms with Crippen molar-refractivity contribution >= 4 is 16.7 Å². The first kappa shape index (κ1) is 23.6. The smallest absolute Gasteiger partial charge is 0.251 e. The van der Waals surface area contributed by atoms with E-state index >= 15 is 0 Å². The third-order valence-corrected chi connectivity index (χ3v) is 6.94. The minimum Gasteiger partial charge on any atom is -0.441 e. The quantitative estimate of drug-likeness (QED) is 0.321. The molecule has 0 aliphatic rings. The monoisotopic (exact) mass is 472 g/mol. The molecule has 1 heterocycles.